The van der Waals surface area contributed by atoms with Crippen LogP contribution in [0.25, 0.3) is 6.08 Å². The van der Waals surface area contributed by atoms with Crippen molar-refractivity contribution in [2.75, 3.05) is 19.6 Å². The van der Waals surface area contributed by atoms with Crippen molar-refractivity contribution >= 4 is 35.2 Å². The fraction of sp³-hybridized carbons (Fsp3) is 0.357. The van der Waals surface area contributed by atoms with E-state index in [0.717, 1.165) is 6.08 Å². The second kappa shape index (κ2) is 8.21. The molecule has 0 atom stereocenters. The number of rotatable bonds is 7. The molecule has 2 amide bonds. The van der Waals surface area contributed by atoms with Gasteiger partial charge in [-0.3, -0.25) is 9.59 Å². The fourth-order valence-electron chi connectivity index (χ4n) is 1.65. The smallest absolute Gasteiger partial charge is 0.328 e. The van der Waals surface area contributed by atoms with Gasteiger partial charge in [0.25, 0.3) is 5.91 Å². The highest BCUT2D eigenvalue weighted by molar-refractivity contribution is 7.14. The van der Waals surface area contributed by atoms with Crippen molar-refractivity contribution in [3.8, 4) is 0 Å². The second-order valence-corrected chi connectivity index (χ2v) is 5.24. The first kappa shape index (κ1) is 16.9. The molecule has 7 heteroatoms. The standard InChI is InChI=1S/C14H18N2O4S/c1-3-16(4-2)12(17)9-15-14(20)11-7-5-10(21-11)6-8-13(18)19/h5-8H,3-4,9H2,1-2H3,(H,15,20)(H,18,19)/b8-6+. The third kappa shape index (κ3) is 5.39. The number of carbonyl (C=O) groups is 3. The monoisotopic (exact) mass is 310 g/mol. The van der Waals surface area contributed by atoms with Crippen LogP contribution in [0.4, 0.5) is 0 Å². The van der Waals surface area contributed by atoms with Gasteiger partial charge in [0.05, 0.1) is 11.4 Å². The molecule has 0 saturated heterocycles. The lowest BCUT2D eigenvalue weighted by molar-refractivity contribution is -0.131. The highest BCUT2D eigenvalue weighted by Crippen LogP contribution is 2.17. The minimum Gasteiger partial charge on any atom is -0.478 e. The Kier molecular flexibility index (Phi) is 6.61. The first-order valence-corrected chi connectivity index (χ1v) is 7.36. The highest BCUT2D eigenvalue weighted by Gasteiger charge is 2.13. The van der Waals surface area contributed by atoms with Crippen LogP contribution in [-0.4, -0.2) is 47.4 Å². The minimum atomic E-state index is -1.04. The SMILES string of the molecule is CCN(CC)C(=O)CNC(=O)c1ccc(/C=C/C(=O)O)s1. The molecule has 0 radical (unpaired) electrons. The Balaban J connectivity index is 2.56. The van der Waals surface area contributed by atoms with Gasteiger partial charge in [0.1, 0.15) is 0 Å². The number of thiophene rings is 1. The molecule has 0 unspecified atom stereocenters. The Hall–Kier alpha value is -2.15. The minimum absolute atomic E-state index is 0.0429. The van der Waals surface area contributed by atoms with Crippen molar-refractivity contribution < 1.29 is 19.5 Å². The summed E-state index contributed by atoms with van der Waals surface area (Å²) in [5.74, 6) is -1.51. The number of hydrogen-bond donors (Lipinski definition) is 2. The number of hydrogen-bond acceptors (Lipinski definition) is 4. The van der Waals surface area contributed by atoms with E-state index < -0.39 is 5.97 Å². The molecular formula is C14H18N2O4S. The molecule has 1 aromatic rings. The molecule has 0 aliphatic rings. The van der Waals surface area contributed by atoms with Gasteiger partial charge < -0.3 is 15.3 Å². The summed E-state index contributed by atoms with van der Waals surface area (Å²) >= 11 is 1.17. The van der Waals surface area contributed by atoms with Crippen LogP contribution in [0.2, 0.25) is 0 Å². The van der Waals surface area contributed by atoms with Crippen LogP contribution in [0, 0.1) is 0 Å². The van der Waals surface area contributed by atoms with E-state index in [1.165, 1.54) is 17.4 Å². The molecule has 0 saturated carbocycles. The van der Waals surface area contributed by atoms with Crippen LogP contribution >= 0.6 is 11.3 Å². The molecule has 0 aliphatic carbocycles. The predicted octanol–water partition coefficient (Wildman–Crippen LogP) is 1.44. The average molecular weight is 310 g/mol. The molecule has 0 aliphatic heterocycles. The summed E-state index contributed by atoms with van der Waals surface area (Å²) < 4.78 is 0. The molecule has 0 fully saturated rings. The summed E-state index contributed by atoms with van der Waals surface area (Å²) in [5.41, 5.74) is 0. The largest absolute Gasteiger partial charge is 0.478 e. The van der Waals surface area contributed by atoms with E-state index in [2.05, 4.69) is 5.32 Å². The van der Waals surface area contributed by atoms with E-state index in [4.69, 9.17) is 5.11 Å². The van der Waals surface area contributed by atoms with Gasteiger partial charge in [-0.05, 0) is 32.1 Å². The maximum Gasteiger partial charge on any atom is 0.328 e. The van der Waals surface area contributed by atoms with Crippen molar-refractivity contribution in [3.63, 3.8) is 0 Å². The molecule has 1 heterocycles. The molecule has 1 aromatic heterocycles. The number of likely N-dealkylation sites (N-methyl/N-ethyl adjacent to an activating group) is 1. The van der Waals surface area contributed by atoms with Gasteiger partial charge in [-0.1, -0.05) is 0 Å². The zero-order chi connectivity index (χ0) is 15.8. The van der Waals surface area contributed by atoms with Gasteiger partial charge >= 0.3 is 5.97 Å². The summed E-state index contributed by atoms with van der Waals surface area (Å²) in [6.07, 6.45) is 2.43. The van der Waals surface area contributed by atoms with Crippen LogP contribution in [0.15, 0.2) is 18.2 Å². The van der Waals surface area contributed by atoms with E-state index in [1.54, 1.807) is 17.0 Å². The van der Waals surface area contributed by atoms with Crippen LogP contribution in [0.3, 0.4) is 0 Å². The highest BCUT2D eigenvalue weighted by atomic mass is 32.1. The maximum atomic E-state index is 11.9. The molecule has 114 valence electrons. The quantitative estimate of drug-likeness (QED) is 0.746. The lowest BCUT2D eigenvalue weighted by atomic mass is 10.3. The number of nitrogens with one attached hydrogen (secondary N) is 1. The van der Waals surface area contributed by atoms with Gasteiger partial charge in [0, 0.05) is 24.0 Å². The second-order valence-electron chi connectivity index (χ2n) is 4.12. The molecule has 0 spiro atoms. The van der Waals surface area contributed by atoms with Gasteiger partial charge in [0.2, 0.25) is 5.91 Å². The third-order valence-corrected chi connectivity index (χ3v) is 3.81. The van der Waals surface area contributed by atoms with Crippen LogP contribution < -0.4 is 5.32 Å². The normalized spacial score (nSPS) is 10.6. The third-order valence-electron chi connectivity index (χ3n) is 2.76. The van der Waals surface area contributed by atoms with Gasteiger partial charge in [-0.15, -0.1) is 11.3 Å². The number of carboxylic acid groups (broad SMARTS) is 1. The topological polar surface area (TPSA) is 86.7 Å². The van der Waals surface area contributed by atoms with E-state index in [9.17, 15) is 14.4 Å². The van der Waals surface area contributed by atoms with E-state index >= 15 is 0 Å². The molecule has 6 nitrogen and oxygen atoms in total. The number of nitrogens with zero attached hydrogens (tertiary/aromatic N) is 1. The summed E-state index contributed by atoms with van der Waals surface area (Å²) in [6.45, 7) is 4.93. The number of carbonyl (C=O) groups excluding carboxylic acids is 2. The Morgan fingerprint density at radius 2 is 1.95 bits per heavy atom. The maximum absolute atomic E-state index is 11.9. The zero-order valence-electron chi connectivity index (χ0n) is 12.0. The summed E-state index contributed by atoms with van der Waals surface area (Å²) in [5, 5.41) is 11.1. The first-order valence-electron chi connectivity index (χ1n) is 6.54. The van der Waals surface area contributed by atoms with Gasteiger partial charge in [-0.25, -0.2) is 4.79 Å². The lowest BCUT2D eigenvalue weighted by Gasteiger charge is -2.18. The summed E-state index contributed by atoms with van der Waals surface area (Å²) in [4.78, 5) is 36.8. The summed E-state index contributed by atoms with van der Waals surface area (Å²) in [6, 6.07) is 3.26. The number of carboxylic acids is 1. The van der Waals surface area contributed by atoms with Crippen LogP contribution in [0.1, 0.15) is 28.4 Å². The number of aliphatic carboxylic acids is 1. The van der Waals surface area contributed by atoms with Crippen molar-refractivity contribution in [1.82, 2.24) is 10.2 Å². The average Bonchev–Trinajstić information content (AvgIpc) is 2.92. The molecule has 0 bridgehead atoms. The first-order chi connectivity index (χ1) is 9.97. The van der Waals surface area contributed by atoms with E-state index in [0.29, 0.717) is 22.8 Å². The van der Waals surface area contributed by atoms with Gasteiger partial charge in [0.15, 0.2) is 0 Å². The Morgan fingerprint density at radius 3 is 2.52 bits per heavy atom. The fourth-order valence-corrected chi connectivity index (χ4v) is 2.48. The molecule has 2 N–H and O–H groups in total. The molecule has 0 aromatic carbocycles. The Bertz CT molecular complexity index is 547. The van der Waals surface area contributed by atoms with Crippen LogP contribution in [0.5, 0.6) is 0 Å². The predicted molar refractivity (Wildman–Crippen MR) is 81.3 cm³/mol. The van der Waals surface area contributed by atoms with E-state index in [1.807, 2.05) is 13.8 Å². The molecular weight excluding hydrogens is 292 g/mol. The van der Waals surface area contributed by atoms with Gasteiger partial charge in [-0.2, -0.15) is 0 Å². The van der Waals surface area contributed by atoms with Crippen molar-refractivity contribution in [3.05, 3.63) is 28.0 Å². The summed E-state index contributed by atoms with van der Waals surface area (Å²) in [7, 11) is 0. The zero-order valence-corrected chi connectivity index (χ0v) is 12.8. The molecule has 1 rings (SSSR count). The van der Waals surface area contributed by atoms with E-state index in [-0.39, 0.29) is 18.4 Å². The number of amides is 2. The van der Waals surface area contributed by atoms with Crippen molar-refractivity contribution in [2.24, 2.45) is 0 Å². The molecule has 21 heavy (non-hydrogen) atoms. The van der Waals surface area contributed by atoms with Crippen LogP contribution in [-0.2, 0) is 9.59 Å². The Labute approximate surface area is 127 Å². The van der Waals surface area contributed by atoms with Crippen molar-refractivity contribution in [1.29, 1.82) is 0 Å². The lowest BCUT2D eigenvalue weighted by Crippen LogP contribution is -2.39. The van der Waals surface area contributed by atoms with Crippen molar-refractivity contribution in [2.45, 2.75) is 13.8 Å². The Morgan fingerprint density at radius 1 is 1.29 bits per heavy atom.